The number of ether oxygens (including phenoxy) is 3. The number of esters is 1. The molecule has 2 aliphatic heterocycles. The summed E-state index contributed by atoms with van der Waals surface area (Å²) in [7, 11) is 1.49. The van der Waals surface area contributed by atoms with Gasteiger partial charge in [0.15, 0.2) is 0 Å². The highest BCUT2D eigenvalue weighted by atomic mass is 35.5. The molecule has 69 heavy (non-hydrogen) atoms. The summed E-state index contributed by atoms with van der Waals surface area (Å²) in [4.78, 5) is 93.8. The van der Waals surface area contributed by atoms with Crippen molar-refractivity contribution in [3.63, 3.8) is 0 Å². The van der Waals surface area contributed by atoms with E-state index in [-0.39, 0.29) is 50.9 Å². The zero-order valence-electron chi connectivity index (χ0n) is 41.6. The van der Waals surface area contributed by atoms with Crippen LogP contribution in [0, 0.1) is 22.7 Å². The first-order valence-electron chi connectivity index (χ1n) is 23.4. The minimum atomic E-state index is -1.22. The number of rotatable bonds is 16. The predicted octanol–water partition coefficient (Wildman–Crippen LogP) is 4.56. The van der Waals surface area contributed by atoms with E-state index in [1.807, 2.05) is 39.8 Å². The van der Waals surface area contributed by atoms with Crippen molar-refractivity contribution in [1.82, 2.24) is 31.5 Å². The van der Waals surface area contributed by atoms with Crippen molar-refractivity contribution in [1.29, 1.82) is 0 Å². The van der Waals surface area contributed by atoms with Gasteiger partial charge in [0, 0.05) is 44.4 Å². The molecule has 380 valence electrons. The molecule has 6 amide bonds. The van der Waals surface area contributed by atoms with Crippen LogP contribution in [0.4, 0.5) is 4.79 Å². The number of hydrogen-bond donors (Lipinski definition) is 7. The maximum absolute atomic E-state index is 14.2. The molecule has 3 unspecified atom stereocenters. The van der Waals surface area contributed by atoms with Crippen molar-refractivity contribution in [2.24, 2.45) is 28.4 Å². The van der Waals surface area contributed by atoms with Crippen molar-refractivity contribution in [2.75, 3.05) is 20.2 Å². The van der Waals surface area contributed by atoms with Crippen LogP contribution in [-0.4, -0.2) is 114 Å². The largest absolute Gasteiger partial charge is 0.495 e. The number of epoxide rings is 1. The van der Waals surface area contributed by atoms with Crippen LogP contribution in [0.5, 0.6) is 5.75 Å². The molecule has 2 aromatic rings. The zero-order valence-corrected chi connectivity index (χ0v) is 42.4. The second-order valence-electron chi connectivity index (χ2n) is 20.2. The van der Waals surface area contributed by atoms with Crippen LogP contribution in [0.1, 0.15) is 105 Å². The Bertz CT molecular complexity index is 2190. The van der Waals surface area contributed by atoms with Gasteiger partial charge in [0.25, 0.3) is 0 Å². The molecule has 0 bridgehead atoms. The predicted molar refractivity (Wildman–Crippen MR) is 260 cm³/mol. The summed E-state index contributed by atoms with van der Waals surface area (Å²) in [6, 6.07) is 7.84. The van der Waals surface area contributed by atoms with E-state index >= 15 is 0 Å². The third-order valence-electron chi connectivity index (χ3n) is 12.7. The second kappa shape index (κ2) is 24.2. The third kappa shape index (κ3) is 16.2. The van der Waals surface area contributed by atoms with Crippen molar-refractivity contribution < 1.29 is 52.9 Å². The molecule has 0 spiro atoms. The lowest BCUT2D eigenvalue weighted by molar-refractivity contribution is -0.157. The SMILES string of the molecule is COc1ccc(C[C@H]2NC(=O)/C=C/C[C@@H](C(C)[C@H]3O[C@@H]3c3ccc(CN(CCNC(=O)C(C)NC(=O)C(N)C(C)C)C(=O)O)cc3)OC(=O)[C@H](CC(C)(C)C)NC(=O)C(C)(C)[C@H](C)NC2=O)cc1Cl. The van der Waals surface area contributed by atoms with Gasteiger partial charge in [0.2, 0.25) is 29.5 Å². The number of methoxy groups -OCH3 is 1. The van der Waals surface area contributed by atoms with Crippen molar-refractivity contribution in [3.05, 3.63) is 76.3 Å². The molecule has 2 aliphatic rings. The van der Waals surface area contributed by atoms with Crippen LogP contribution in [-0.2, 0) is 51.2 Å². The molecular weight excluding hydrogens is 910 g/mol. The first-order valence-corrected chi connectivity index (χ1v) is 23.8. The fraction of sp³-hybridized carbons (Fsp3) is 0.580. The van der Waals surface area contributed by atoms with Crippen LogP contribution in [0.25, 0.3) is 0 Å². The molecule has 0 aliphatic carbocycles. The number of nitrogens with two attached hydrogens (primary N) is 1. The molecule has 2 heterocycles. The quantitative estimate of drug-likeness (QED) is 0.0903. The van der Waals surface area contributed by atoms with Crippen LogP contribution < -0.4 is 37.1 Å². The fourth-order valence-electron chi connectivity index (χ4n) is 7.68. The van der Waals surface area contributed by atoms with Gasteiger partial charge in [-0.1, -0.05) is 89.6 Å². The highest BCUT2D eigenvalue weighted by molar-refractivity contribution is 6.32. The average molecular weight is 983 g/mol. The maximum Gasteiger partial charge on any atom is 0.407 e. The first kappa shape index (κ1) is 55.9. The van der Waals surface area contributed by atoms with E-state index in [4.69, 9.17) is 31.5 Å². The molecule has 0 aromatic heterocycles. The summed E-state index contributed by atoms with van der Waals surface area (Å²) < 4.78 is 17.7. The number of nitrogens with zero attached hydrogens (tertiary/aromatic N) is 1. The van der Waals surface area contributed by atoms with E-state index in [0.29, 0.717) is 21.9 Å². The highest BCUT2D eigenvalue weighted by Gasteiger charge is 2.48. The van der Waals surface area contributed by atoms with Crippen LogP contribution in [0.15, 0.2) is 54.6 Å². The average Bonchev–Trinajstić information content (AvgIpc) is 4.07. The van der Waals surface area contributed by atoms with Gasteiger partial charge in [-0.25, -0.2) is 9.59 Å². The molecule has 18 nitrogen and oxygen atoms in total. The number of nitrogens with one attached hydrogen (secondary N) is 5. The summed E-state index contributed by atoms with van der Waals surface area (Å²) in [6.07, 6.45) is 0.511. The van der Waals surface area contributed by atoms with Gasteiger partial charge >= 0.3 is 12.1 Å². The van der Waals surface area contributed by atoms with Gasteiger partial charge < -0.3 is 56.5 Å². The number of carboxylic acid groups (broad SMARTS) is 1. The van der Waals surface area contributed by atoms with Gasteiger partial charge in [-0.3, -0.25) is 24.0 Å². The standard InChI is InChI=1S/C50H72ClN7O11/c1-27(2)40(52)45(62)54-29(4)43(60)53-21-22-58(48(65)66)26-31-15-18-33(19-16-31)42-41(69-42)28(3)37-13-12-14-39(59)56-35(24-32-17-20-38(67-11)34(51)23-32)44(61)55-30(5)50(9,10)47(64)57-36(46(63)68-37)25-49(6,7)8/h12,14-20,23,27-30,35-37,40-42H,13,21-22,24-26,52H2,1-11H3,(H,53,60)(H,54,62)(H,55,61)(H,56,59)(H,57,64)(H,65,66)/b14-12+/t28?,29?,30-,35+,36-,37-,40?,41+,42+/m0/s1. The maximum atomic E-state index is 14.2. The van der Waals surface area contributed by atoms with E-state index in [9.17, 15) is 38.7 Å². The normalized spacial score (nSPS) is 24.0. The number of carbonyl (C=O) groups excluding carboxylic acids is 6. The Hall–Kier alpha value is -5.72. The summed E-state index contributed by atoms with van der Waals surface area (Å²) in [6.45, 7) is 17.9. The Labute approximate surface area is 410 Å². The Morgan fingerprint density at radius 1 is 0.971 bits per heavy atom. The third-order valence-corrected chi connectivity index (χ3v) is 13.0. The molecule has 2 aromatic carbocycles. The molecule has 0 saturated carbocycles. The van der Waals surface area contributed by atoms with E-state index in [1.54, 1.807) is 71.0 Å². The van der Waals surface area contributed by atoms with Crippen molar-refractivity contribution in [3.8, 4) is 5.75 Å². The number of carbonyl (C=O) groups is 7. The lowest BCUT2D eigenvalue weighted by Gasteiger charge is -2.35. The Morgan fingerprint density at radius 3 is 2.22 bits per heavy atom. The summed E-state index contributed by atoms with van der Waals surface area (Å²) in [5, 5.41) is 24.1. The molecule has 9 atom stereocenters. The Morgan fingerprint density at radius 2 is 1.62 bits per heavy atom. The topological polar surface area (TPSA) is 260 Å². The lowest BCUT2D eigenvalue weighted by Crippen LogP contribution is -2.58. The Kier molecular flexibility index (Phi) is 19.6. The number of halogens is 1. The van der Waals surface area contributed by atoms with Crippen molar-refractivity contribution in [2.45, 2.75) is 144 Å². The molecule has 0 radical (unpaired) electrons. The fourth-order valence-corrected chi connectivity index (χ4v) is 7.96. The van der Waals surface area contributed by atoms with Gasteiger partial charge in [0.1, 0.15) is 36.1 Å². The van der Waals surface area contributed by atoms with Crippen LogP contribution >= 0.6 is 11.6 Å². The minimum Gasteiger partial charge on any atom is -0.495 e. The molecular formula is C50H72ClN7O11. The monoisotopic (exact) mass is 981 g/mol. The van der Waals surface area contributed by atoms with E-state index in [2.05, 4.69) is 26.6 Å². The molecule has 4 rings (SSSR count). The Balaban J connectivity index is 1.50. The van der Waals surface area contributed by atoms with Crippen LogP contribution in [0.2, 0.25) is 5.02 Å². The van der Waals surface area contributed by atoms with Crippen LogP contribution in [0.3, 0.4) is 0 Å². The van der Waals surface area contributed by atoms with E-state index < -0.39 is 101 Å². The summed E-state index contributed by atoms with van der Waals surface area (Å²) in [5.74, 6) is -3.21. The highest BCUT2D eigenvalue weighted by Crippen LogP contribution is 2.45. The number of cyclic esters (lactones) is 1. The minimum absolute atomic E-state index is 0.0113. The molecule has 1 fully saturated rings. The number of hydrogen-bond acceptors (Lipinski definition) is 11. The molecule has 1 saturated heterocycles. The lowest BCUT2D eigenvalue weighted by atomic mass is 9.82. The summed E-state index contributed by atoms with van der Waals surface area (Å²) in [5.41, 5.74) is 6.40. The first-order chi connectivity index (χ1) is 32.2. The van der Waals surface area contributed by atoms with Gasteiger partial charge in [-0.15, -0.1) is 0 Å². The van der Waals surface area contributed by atoms with Gasteiger partial charge in [-0.05, 0) is 80.3 Å². The number of amides is 6. The molecule has 19 heteroatoms. The smallest absolute Gasteiger partial charge is 0.407 e. The summed E-state index contributed by atoms with van der Waals surface area (Å²) >= 11 is 6.40. The molecule has 8 N–H and O–H groups in total. The van der Waals surface area contributed by atoms with Gasteiger partial charge in [0.05, 0.1) is 29.7 Å². The van der Waals surface area contributed by atoms with E-state index in [1.165, 1.54) is 20.1 Å². The van der Waals surface area contributed by atoms with Gasteiger partial charge in [-0.2, -0.15) is 0 Å². The number of benzene rings is 2. The second-order valence-corrected chi connectivity index (χ2v) is 20.6. The van der Waals surface area contributed by atoms with E-state index in [0.717, 1.165) is 10.5 Å². The zero-order chi connectivity index (χ0) is 51.5. The van der Waals surface area contributed by atoms with Crippen molar-refractivity contribution >= 4 is 53.2 Å².